The third-order valence-electron chi connectivity index (χ3n) is 2.71. The number of nitrogens with zero attached hydrogens (tertiary/aromatic N) is 2. The van der Waals surface area contributed by atoms with Crippen molar-refractivity contribution in [3.8, 4) is 0 Å². The number of amides is 2. The first kappa shape index (κ1) is 12.0. The summed E-state index contributed by atoms with van der Waals surface area (Å²) in [5.74, 6) is -1.51. The van der Waals surface area contributed by atoms with E-state index in [4.69, 9.17) is 0 Å². The van der Waals surface area contributed by atoms with Crippen LogP contribution in [0.5, 0.6) is 0 Å². The minimum Gasteiger partial charge on any atom is -0.282 e. The number of nitrogens with one attached hydrogen (secondary N) is 1. The first-order valence-corrected chi connectivity index (χ1v) is 5.11. The van der Waals surface area contributed by atoms with Crippen LogP contribution in [0.25, 0.3) is 0 Å². The molecule has 0 radical (unpaired) electrons. The lowest BCUT2D eigenvalue weighted by atomic mass is 9.97. The summed E-state index contributed by atoms with van der Waals surface area (Å²) in [6.45, 7) is 0.253. The summed E-state index contributed by atoms with van der Waals surface area (Å²) in [4.78, 5) is 12.8. The maximum atomic E-state index is 12.6. The largest absolute Gasteiger partial charge is 0.395 e. The Balaban J connectivity index is 2.11. The molecular weight excluding hydrogens is 235 g/mol. The van der Waals surface area contributed by atoms with Crippen LogP contribution in [0, 0.1) is 5.92 Å². The molecule has 1 N–H and O–H groups in total. The Morgan fingerprint density at radius 3 is 2.71 bits per heavy atom. The normalized spacial score (nSPS) is 26.1. The van der Waals surface area contributed by atoms with E-state index in [1.54, 1.807) is 13.1 Å². The SMILES string of the molecule is CN1CN(C2=CC=CC(C(F)(F)F)C2)C(=O)N1. The van der Waals surface area contributed by atoms with Gasteiger partial charge >= 0.3 is 12.2 Å². The molecule has 2 rings (SSSR count). The lowest BCUT2D eigenvalue weighted by Gasteiger charge is -2.25. The molecular formula is C10H12F3N3O. The lowest BCUT2D eigenvalue weighted by molar-refractivity contribution is -0.161. The Kier molecular flexibility index (Phi) is 2.86. The average Bonchev–Trinajstić information content (AvgIpc) is 2.57. The van der Waals surface area contributed by atoms with E-state index in [-0.39, 0.29) is 13.1 Å². The summed E-state index contributed by atoms with van der Waals surface area (Å²) in [5, 5.41) is 1.52. The van der Waals surface area contributed by atoms with E-state index >= 15 is 0 Å². The summed E-state index contributed by atoms with van der Waals surface area (Å²) in [5.41, 5.74) is 2.88. The van der Waals surface area contributed by atoms with Gasteiger partial charge in [0, 0.05) is 19.2 Å². The van der Waals surface area contributed by atoms with Crippen LogP contribution in [0.3, 0.4) is 0 Å². The van der Waals surface area contributed by atoms with E-state index < -0.39 is 18.1 Å². The summed E-state index contributed by atoms with van der Waals surface area (Å²) in [6.07, 6.45) is -0.454. The van der Waals surface area contributed by atoms with Gasteiger partial charge in [-0.3, -0.25) is 10.3 Å². The van der Waals surface area contributed by atoms with Gasteiger partial charge in [0.2, 0.25) is 0 Å². The molecule has 0 bridgehead atoms. The molecule has 2 amide bonds. The van der Waals surface area contributed by atoms with E-state index in [1.807, 2.05) is 0 Å². The van der Waals surface area contributed by atoms with Gasteiger partial charge in [0.25, 0.3) is 0 Å². The predicted octanol–water partition coefficient (Wildman–Crippen LogP) is 1.84. The van der Waals surface area contributed by atoms with Crippen molar-refractivity contribution in [2.45, 2.75) is 12.6 Å². The Bertz CT molecular complexity index is 389. The van der Waals surface area contributed by atoms with Gasteiger partial charge in [0.15, 0.2) is 0 Å². The number of hydrogen-bond acceptors (Lipinski definition) is 2. The van der Waals surface area contributed by atoms with Crippen LogP contribution < -0.4 is 5.43 Å². The number of halogens is 3. The molecule has 1 saturated heterocycles. The fourth-order valence-corrected chi connectivity index (χ4v) is 1.84. The van der Waals surface area contributed by atoms with Crippen molar-refractivity contribution >= 4 is 6.03 Å². The molecule has 7 heteroatoms. The molecule has 4 nitrogen and oxygen atoms in total. The molecule has 1 atom stereocenters. The number of hydrogen-bond donors (Lipinski definition) is 1. The van der Waals surface area contributed by atoms with Crippen LogP contribution in [-0.2, 0) is 0 Å². The second-order valence-corrected chi connectivity index (χ2v) is 4.08. The summed E-state index contributed by atoms with van der Waals surface area (Å²) in [7, 11) is 1.65. The van der Waals surface area contributed by atoms with Crippen molar-refractivity contribution < 1.29 is 18.0 Å². The fourth-order valence-electron chi connectivity index (χ4n) is 1.84. The zero-order valence-electron chi connectivity index (χ0n) is 9.16. The second kappa shape index (κ2) is 4.06. The number of rotatable bonds is 1. The quantitative estimate of drug-likeness (QED) is 0.767. The zero-order chi connectivity index (χ0) is 12.6. The monoisotopic (exact) mass is 247 g/mol. The average molecular weight is 247 g/mol. The molecule has 1 fully saturated rings. The Labute approximate surface area is 96.3 Å². The second-order valence-electron chi connectivity index (χ2n) is 4.08. The van der Waals surface area contributed by atoms with Gasteiger partial charge in [0.1, 0.15) is 0 Å². The number of carbonyl (C=O) groups excluding carboxylic acids is 1. The molecule has 1 aliphatic heterocycles. The van der Waals surface area contributed by atoms with Crippen LogP contribution in [0.2, 0.25) is 0 Å². The summed E-state index contributed by atoms with van der Waals surface area (Å²) in [6, 6.07) is -0.394. The number of urea groups is 1. The van der Waals surface area contributed by atoms with Gasteiger partial charge in [-0.25, -0.2) is 9.80 Å². The van der Waals surface area contributed by atoms with Crippen LogP contribution in [0.4, 0.5) is 18.0 Å². The lowest BCUT2D eigenvalue weighted by Crippen LogP contribution is -2.32. The third kappa shape index (κ3) is 2.44. The minimum atomic E-state index is -4.27. The van der Waals surface area contributed by atoms with Crippen LogP contribution in [0.1, 0.15) is 6.42 Å². The number of carbonyl (C=O) groups is 1. The van der Waals surface area contributed by atoms with Gasteiger partial charge in [-0.15, -0.1) is 0 Å². The molecule has 0 aromatic rings. The van der Waals surface area contributed by atoms with Crippen LogP contribution >= 0.6 is 0 Å². The molecule has 1 heterocycles. The van der Waals surface area contributed by atoms with E-state index in [1.165, 1.54) is 16.0 Å². The first-order valence-electron chi connectivity index (χ1n) is 5.11. The molecule has 0 spiro atoms. The van der Waals surface area contributed by atoms with Gasteiger partial charge in [-0.2, -0.15) is 13.2 Å². The van der Waals surface area contributed by atoms with Crippen molar-refractivity contribution in [3.63, 3.8) is 0 Å². The maximum Gasteiger partial charge on any atom is 0.395 e. The maximum absolute atomic E-state index is 12.6. The summed E-state index contributed by atoms with van der Waals surface area (Å²) >= 11 is 0. The number of hydrazine groups is 1. The number of allylic oxidation sites excluding steroid dienone is 4. The van der Waals surface area contributed by atoms with Gasteiger partial charge in [0.05, 0.1) is 12.6 Å². The standard InChI is InChI=1S/C10H12F3N3O/c1-15-6-16(9(17)14-15)8-4-2-3-7(5-8)10(11,12)13/h2-4,7H,5-6H2,1H3,(H,14,17). The smallest absolute Gasteiger partial charge is 0.282 e. The van der Waals surface area contributed by atoms with E-state index in [0.717, 1.165) is 6.08 Å². The minimum absolute atomic E-state index is 0.193. The molecule has 0 aromatic carbocycles. The van der Waals surface area contributed by atoms with Crippen LogP contribution in [-0.4, -0.2) is 35.8 Å². The van der Waals surface area contributed by atoms with E-state index in [9.17, 15) is 18.0 Å². The fraction of sp³-hybridized carbons (Fsp3) is 0.500. The Hall–Kier alpha value is -1.50. The number of alkyl halides is 3. The van der Waals surface area contributed by atoms with Gasteiger partial charge in [-0.05, 0) is 6.08 Å². The van der Waals surface area contributed by atoms with E-state index in [0.29, 0.717) is 5.70 Å². The predicted molar refractivity (Wildman–Crippen MR) is 54.4 cm³/mol. The summed E-state index contributed by atoms with van der Waals surface area (Å²) < 4.78 is 37.7. The molecule has 94 valence electrons. The Morgan fingerprint density at radius 2 is 2.18 bits per heavy atom. The van der Waals surface area contributed by atoms with Gasteiger partial charge in [-0.1, -0.05) is 12.2 Å². The van der Waals surface area contributed by atoms with Gasteiger partial charge < -0.3 is 0 Å². The molecule has 0 aromatic heterocycles. The van der Waals surface area contributed by atoms with Crippen molar-refractivity contribution in [3.05, 3.63) is 23.9 Å². The highest BCUT2D eigenvalue weighted by Crippen LogP contribution is 2.35. The topological polar surface area (TPSA) is 35.6 Å². The highest BCUT2D eigenvalue weighted by atomic mass is 19.4. The van der Waals surface area contributed by atoms with Crippen molar-refractivity contribution in [1.82, 2.24) is 15.3 Å². The molecule has 1 aliphatic carbocycles. The van der Waals surface area contributed by atoms with Crippen LogP contribution in [0.15, 0.2) is 23.9 Å². The zero-order valence-corrected chi connectivity index (χ0v) is 9.16. The third-order valence-corrected chi connectivity index (χ3v) is 2.71. The highest BCUT2D eigenvalue weighted by molar-refractivity contribution is 5.77. The first-order chi connectivity index (χ1) is 7.88. The molecule has 1 unspecified atom stereocenters. The van der Waals surface area contributed by atoms with Crippen molar-refractivity contribution in [2.75, 3.05) is 13.7 Å². The highest BCUT2D eigenvalue weighted by Gasteiger charge is 2.40. The van der Waals surface area contributed by atoms with Crippen molar-refractivity contribution in [1.29, 1.82) is 0 Å². The Morgan fingerprint density at radius 1 is 1.47 bits per heavy atom. The van der Waals surface area contributed by atoms with E-state index in [2.05, 4.69) is 5.43 Å². The molecule has 2 aliphatic rings. The van der Waals surface area contributed by atoms with Crippen molar-refractivity contribution in [2.24, 2.45) is 5.92 Å². The molecule has 17 heavy (non-hydrogen) atoms. The molecule has 0 saturated carbocycles.